The second kappa shape index (κ2) is 8.23. The highest BCUT2D eigenvalue weighted by Crippen LogP contribution is 2.31. The molecule has 0 aliphatic carbocycles. The second-order valence-electron chi connectivity index (χ2n) is 6.68. The number of thiophene rings is 1. The summed E-state index contributed by atoms with van der Waals surface area (Å²) in [4.78, 5) is 31.8. The number of halogens is 3. The molecular weight excluding hydrogens is 439 g/mol. The van der Waals surface area contributed by atoms with E-state index in [1.54, 1.807) is 16.2 Å². The Morgan fingerprint density at radius 1 is 1.23 bits per heavy atom. The van der Waals surface area contributed by atoms with Crippen LogP contribution in [0, 0.1) is 0 Å². The average molecular weight is 455 g/mol. The first-order valence-electron chi connectivity index (χ1n) is 9.06. The molecule has 11 heteroatoms. The van der Waals surface area contributed by atoms with Crippen molar-refractivity contribution in [2.45, 2.75) is 32.2 Å². The van der Waals surface area contributed by atoms with E-state index in [2.05, 4.69) is 15.0 Å². The maximum Gasteiger partial charge on any atom is 0.573 e. The van der Waals surface area contributed by atoms with Gasteiger partial charge in [0.2, 0.25) is 11.8 Å². The molecule has 2 aromatic heterocycles. The second-order valence-corrected chi connectivity index (χ2v) is 8.71. The van der Waals surface area contributed by atoms with E-state index in [-0.39, 0.29) is 35.5 Å². The third kappa shape index (κ3) is 4.90. The van der Waals surface area contributed by atoms with Crippen molar-refractivity contribution < 1.29 is 27.5 Å². The fourth-order valence-corrected chi connectivity index (χ4v) is 4.98. The Labute approximate surface area is 177 Å². The van der Waals surface area contributed by atoms with Crippen LogP contribution in [0.1, 0.15) is 23.3 Å². The van der Waals surface area contributed by atoms with Crippen molar-refractivity contribution >= 4 is 49.8 Å². The highest BCUT2D eigenvalue weighted by Gasteiger charge is 2.31. The average Bonchev–Trinajstić information content (AvgIpc) is 3.29. The number of alkyl halides is 3. The van der Waals surface area contributed by atoms with Crippen LogP contribution >= 0.6 is 22.7 Å². The summed E-state index contributed by atoms with van der Waals surface area (Å²) in [5, 5.41) is 4.88. The number of hydrogen-bond donors (Lipinski definition) is 1. The van der Waals surface area contributed by atoms with Crippen LogP contribution in [0.3, 0.4) is 0 Å². The SMILES string of the molecule is O=C(CCC(=O)N1CCc2sccc2C1)Nc1nc2ccc(OC(F)(F)F)cc2s1. The number of nitrogens with zero attached hydrogens (tertiary/aromatic N) is 2. The largest absolute Gasteiger partial charge is 0.573 e. The van der Waals surface area contributed by atoms with Gasteiger partial charge < -0.3 is 15.0 Å². The van der Waals surface area contributed by atoms with Gasteiger partial charge in [-0.05, 0) is 35.6 Å². The van der Waals surface area contributed by atoms with Crippen LogP contribution in [0.2, 0.25) is 0 Å². The van der Waals surface area contributed by atoms with Crippen LogP contribution in [0.4, 0.5) is 18.3 Å². The highest BCUT2D eigenvalue weighted by atomic mass is 32.1. The zero-order chi connectivity index (χ0) is 21.3. The molecule has 0 radical (unpaired) electrons. The lowest BCUT2D eigenvalue weighted by atomic mass is 10.1. The van der Waals surface area contributed by atoms with Crippen molar-refractivity contribution in [3.8, 4) is 5.75 Å². The molecule has 30 heavy (non-hydrogen) atoms. The van der Waals surface area contributed by atoms with Crippen LogP contribution in [0.5, 0.6) is 5.75 Å². The van der Waals surface area contributed by atoms with Gasteiger partial charge in [0.25, 0.3) is 0 Å². The van der Waals surface area contributed by atoms with Crippen LogP contribution < -0.4 is 10.1 Å². The lowest BCUT2D eigenvalue weighted by Crippen LogP contribution is -2.35. The van der Waals surface area contributed by atoms with Crippen molar-refractivity contribution in [1.29, 1.82) is 0 Å². The number of carbonyl (C=O) groups is 2. The number of rotatable bonds is 5. The number of amides is 2. The van der Waals surface area contributed by atoms with Gasteiger partial charge in [0.05, 0.1) is 10.2 Å². The number of hydrogen-bond acceptors (Lipinski definition) is 6. The number of ether oxygens (including phenoxy) is 1. The van der Waals surface area contributed by atoms with Gasteiger partial charge in [0.15, 0.2) is 5.13 Å². The molecule has 3 heterocycles. The standard InChI is InChI=1S/C19H16F3N3O3S2/c20-19(21,22)28-12-1-2-13-15(9-12)30-18(23-13)24-16(26)3-4-17(27)25-7-5-14-11(10-25)6-8-29-14/h1-2,6,8-9H,3-5,7,10H2,(H,23,24,26). The predicted molar refractivity (Wildman–Crippen MR) is 108 cm³/mol. The Bertz CT molecular complexity index is 1090. The van der Waals surface area contributed by atoms with Gasteiger partial charge in [-0.1, -0.05) is 11.3 Å². The minimum atomic E-state index is -4.78. The van der Waals surface area contributed by atoms with E-state index >= 15 is 0 Å². The topological polar surface area (TPSA) is 71.5 Å². The summed E-state index contributed by atoms with van der Waals surface area (Å²) in [6, 6.07) is 5.79. The minimum Gasteiger partial charge on any atom is -0.406 e. The first-order valence-corrected chi connectivity index (χ1v) is 10.8. The van der Waals surface area contributed by atoms with Gasteiger partial charge in [0, 0.05) is 36.9 Å². The molecule has 0 bridgehead atoms. The van der Waals surface area contributed by atoms with E-state index in [1.807, 2.05) is 11.4 Å². The van der Waals surface area contributed by atoms with E-state index in [1.165, 1.54) is 17.0 Å². The molecule has 0 saturated heterocycles. The quantitative estimate of drug-likeness (QED) is 0.612. The lowest BCUT2D eigenvalue weighted by Gasteiger charge is -2.27. The normalized spacial score (nSPS) is 13.9. The molecular formula is C19H16F3N3O3S2. The zero-order valence-corrected chi connectivity index (χ0v) is 17.1. The molecule has 158 valence electrons. The van der Waals surface area contributed by atoms with Crippen LogP contribution in [0.25, 0.3) is 10.2 Å². The first-order chi connectivity index (χ1) is 14.3. The molecule has 1 aliphatic heterocycles. The highest BCUT2D eigenvalue weighted by molar-refractivity contribution is 7.22. The number of anilines is 1. The number of thiazole rings is 1. The van der Waals surface area contributed by atoms with Gasteiger partial charge in [-0.3, -0.25) is 9.59 Å². The van der Waals surface area contributed by atoms with E-state index in [0.717, 1.165) is 29.4 Å². The maximum atomic E-state index is 12.4. The van der Waals surface area contributed by atoms with E-state index < -0.39 is 6.36 Å². The van der Waals surface area contributed by atoms with E-state index in [0.29, 0.717) is 23.3 Å². The molecule has 0 saturated carbocycles. The number of benzene rings is 1. The molecule has 3 aromatic rings. The van der Waals surface area contributed by atoms with Crippen molar-refractivity contribution in [2.75, 3.05) is 11.9 Å². The Balaban J connectivity index is 1.31. The fraction of sp³-hybridized carbons (Fsp3) is 0.316. The monoisotopic (exact) mass is 455 g/mol. The van der Waals surface area contributed by atoms with Crippen LogP contribution in [-0.4, -0.2) is 34.6 Å². The van der Waals surface area contributed by atoms with Crippen molar-refractivity contribution in [1.82, 2.24) is 9.88 Å². The van der Waals surface area contributed by atoms with Gasteiger partial charge in [-0.2, -0.15) is 0 Å². The van der Waals surface area contributed by atoms with Crippen molar-refractivity contribution in [3.05, 3.63) is 40.1 Å². The van der Waals surface area contributed by atoms with Gasteiger partial charge in [0.1, 0.15) is 5.75 Å². The first kappa shape index (κ1) is 20.6. The molecule has 1 aliphatic rings. The molecule has 0 atom stereocenters. The summed E-state index contributed by atoms with van der Waals surface area (Å²) in [5.74, 6) is -0.805. The number of nitrogens with one attached hydrogen (secondary N) is 1. The number of aromatic nitrogens is 1. The molecule has 2 amide bonds. The van der Waals surface area contributed by atoms with Gasteiger partial charge in [-0.25, -0.2) is 4.98 Å². The Morgan fingerprint density at radius 3 is 2.87 bits per heavy atom. The minimum absolute atomic E-state index is 0.00415. The molecule has 6 nitrogen and oxygen atoms in total. The van der Waals surface area contributed by atoms with Gasteiger partial charge in [-0.15, -0.1) is 24.5 Å². The third-order valence-corrected chi connectivity index (χ3v) is 6.52. The molecule has 0 spiro atoms. The predicted octanol–water partition coefficient (Wildman–Crippen LogP) is 4.56. The van der Waals surface area contributed by atoms with Gasteiger partial charge >= 0.3 is 6.36 Å². The molecule has 1 aromatic carbocycles. The van der Waals surface area contributed by atoms with Crippen molar-refractivity contribution in [2.24, 2.45) is 0 Å². The summed E-state index contributed by atoms with van der Waals surface area (Å²) < 4.78 is 41.4. The lowest BCUT2D eigenvalue weighted by molar-refractivity contribution is -0.274. The van der Waals surface area contributed by atoms with E-state index in [9.17, 15) is 22.8 Å². The summed E-state index contributed by atoms with van der Waals surface area (Å²) in [7, 11) is 0. The summed E-state index contributed by atoms with van der Waals surface area (Å²) >= 11 is 2.73. The summed E-state index contributed by atoms with van der Waals surface area (Å²) in [5.41, 5.74) is 1.60. The Morgan fingerprint density at radius 2 is 2.07 bits per heavy atom. The van der Waals surface area contributed by atoms with Crippen molar-refractivity contribution in [3.63, 3.8) is 0 Å². The molecule has 0 fully saturated rings. The van der Waals surface area contributed by atoms with E-state index in [4.69, 9.17) is 0 Å². The summed E-state index contributed by atoms with van der Waals surface area (Å²) in [6.07, 6.45) is -3.86. The Kier molecular flexibility index (Phi) is 5.65. The summed E-state index contributed by atoms with van der Waals surface area (Å²) in [6.45, 7) is 1.22. The third-order valence-electron chi connectivity index (χ3n) is 4.57. The molecule has 0 unspecified atom stereocenters. The maximum absolute atomic E-state index is 12.4. The number of carbonyl (C=O) groups excluding carboxylic acids is 2. The Hall–Kier alpha value is -2.66. The van der Waals surface area contributed by atoms with Crippen LogP contribution in [0.15, 0.2) is 29.6 Å². The number of fused-ring (bicyclic) bond motifs is 2. The smallest absolute Gasteiger partial charge is 0.406 e. The fourth-order valence-electron chi connectivity index (χ4n) is 3.18. The van der Waals surface area contributed by atoms with Crippen LogP contribution in [-0.2, 0) is 22.6 Å². The molecule has 4 rings (SSSR count). The molecule has 1 N–H and O–H groups in total. The zero-order valence-electron chi connectivity index (χ0n) is 15.5.